The van der Waals surface area contributed by atoms with E-state index in [0.717, 1.165) is 25.2 Å². The van der Waals surface area contributed by atoms with Crippen molar-refractivity contribution in [3.63, 3.8) is 0 Å². The fourth-order valence-electron chi connectivity index (χ4n) is 4.83. The van der Waals surface area contributed by atoms with Gasteiger partial charge in [0.1, 0.15) is 11.6 Å². The molecule has 1 saturated carbocycles. The van der Waals surface area contributed by atoms with E-state index >= 15 is 0 Å². The van der Waals surface area contributed by atoms with Crippen LogP contribution >= 0.6 is 0 Å². The lowest BCUT2D eigenvalue weighted by molar-refractivity contribution is -0.124. The lowest BCUT2D eigenvalue weighted by Gasteiger charge is -2.29. The van der Waals surface area contributed by atoms with Gasteiger partial charge in [0.15, 0.2) is 0 Å². The van der Waals surface area contributed by atoms with Gasteiger partial charge in [-0.3, -0.25) is 9.59 Å². The highest BCUT2D eigenvalue weighted by Gasteiger charge is 2.23. The van der Waals surface area contributed by atoms with Gasteiger partial charge >= 0.3 is 0 Å². The standard InChI is InChI=1S/C29H48O4/c1-6-7-8-11-22(2)18-24(4)29(32)21-27(31)14-10-13-26(30)17-16-23(3)19-25-12-9-15-28(20-25)33-5/h6-8,10-11,14,22-25,27-28,31H,9,12-13,15-21H2,1-5H3. The molecule has 33 heavy (non-hydrogen) atoms. The first kappa shape index (κ1) is 29.5. The van der Waals surface area contributed by atoms with E-state index in [-0.39, 0.29) is 23.9 Å². The second kappa shape index (κ2) is 17.0. The molecule has 1 aliphatic carbocycles. The number of aliphatic hydroxyl groups is 1. The monoisotopic (exact) mass is 460 g/mol. The molecule has 0 aromatic rings. The van der Waals surface area contributed by atoms with Gasteiger partial charge in [-0.15, -0.1) is 0 Å². The van der Waals surface area contributed by atoms with Gasteiger partial charge in [-0.25, -0.2) is 0 Å². The molecule has 0 heterocycles. The topological polar surface area (TPSA) is 63.6 Å². The van der Waals surface area contributed by atoms with Crippen molar-refractivity contribution in [3.8, 4) is 0 Å². The van der Waals surface area contributed by atoms with E-state index in [1.54, 1.807) is 12.2 Å². The maximum Gasteiger partial charge on any atom is 0.138 e. The highest BCUT2D eigenvalue weighted by atomic mass is 16.5. The Labute approximate surface area is 202 Å². The van der Waals surface area contributed by atoms with Gasteiger partial charge in [0.05, 0.1) is 12.2 Å². The molecule has 0 saturated heterocycles. The Hall–Kier alpha value is -1.52. The van der Waals surface area contributed by atoms with Crippen molar-refractivity contribution in [2.75, 3.05) is 7.11 Å². The molecule has 6 unspecified atom stereocenters. The summed E-state index contributed by atoms with van der Waals surface area (Å²) in [4.78, 5) is 24.6. The molecule has 1 aliphatic rings. The summed E-state index contributed by atoms with van der Waals surface area (Å²) in [7, 11) is 1.81. The third-order valence-corrected chi connectivity index (χ3v) is 6.85. The quantitative estimate of drug-likeness (QED) is 0.207. The number of rotatable bonds is 16. The summed E-state index contributed by atoms with van der Waals surface area (Å²) in [5.74, 6) is 1.74. The van der Waals surface area contributed by atoms with Crippen molar-refractivity contribution in [2.24, 2.45) is 23.7 Å². The maximum atomic E-state index is 12.4. The Bertz CT molecular complexity index is 648. The molecule has 188 valence electrons. The van der Waals surface area contributed by atoms with E-state index in [4.69, 9.17) is 4.74 Å². The first-order valence-electron chi connectivity index (χ1n) is 13.0. The van der Waals surface area contributed by atoms with Crippen molar-refractivity contribution in [2.45, 2.75) is 104 Å². The second-order valence-electron chi connectivity index (χ2n) is 10.2. The van der Waals surface area contributed by atoms with Crippen LogP contribution in [0.3, 0.4) is 0 Å². The molecule has 0 aromatic carbocycles. The summed E-state index contributed by atoms with van der Waals surface area (Å²) < 4.78 is 5.53. The van der Waals surface area contributed by atoms with Crippen LogP contribution < -0.4 is 0 Å². The van der Waals surface area contributed by atoms with Gasteiger partial charge in [0.25, 0.3) is 0 Å². The van der Waals surface area contributed by atoms with Crippen LogP contribution in [0.2, 0.25) is 0 Å². The Kier molecular flexibility index (Phi) is 15.2. The second-order valence-corrected chi connectivity index (χ2v) is 10.2. The van der Waals surface area contributed by atoms with Crippen LogP contribution in [0, 0.1) is 23.7 Å². The van der Waals surface area contributed by atoms with Crippen LogP contribution in [0.5, 0.6) is 0 Å². The van der Waals surface area contributed by atoms with E-state index in [0.29, 0.717) is 30.8 Å². The Morgan fingerprint density at radius 1 is 1.12 bits per heavy atom. The zero-order chi connectivity index (χ0) is 24.6. The molecule has 4 nitrogen and oxygen atoms in total. The first-order valence-corrected chi connectivity index (χ1v) is 13.0. The highest BCUT2D eigenvalue weighted by Crippen LogP contribution is 2.31. The largest absolute Gasteiger partial charge is 0.389 e. The summed E-state index contributed by atoms with van der Waals surface area (Å²) in [5, 5.41) is 10.2. The molecule has 1 rings (SSSR count). The number of hydrogen-bond donors (Lipinski definition) is 1. The zero-order valence-electron chi connectivity index (χ0n) is 21.7. The van der Waals surface area contributed by atoms with Crippen LogP contribution in [0.25, 0.3) is 0 Å². The van der Waals surface area contributed by atoms with Crippen molar-refractivity contribution in [1.29, 1.82) is 0 Å². The van der Waals surface area contributed by atoms with E-state index in [1.807, 2.05) is 39.2 Å². The first-order chi connectivity index (χ1) is 15.7. The van der Waals surface area contributed by atoms with Crippen LogP contribution in [0.15, 0.2) is 36.5 Å². The third-order valence-electron chi connectivity index (χ3n) is 6.85. The average Bonchev–Trinajstić information content (AvgIpc) is 2.77. The summed E-state index contributed by atoms with van der Waals surface area (Å²) in [5.41, 5.74) is 0. The summed E-state index contributed by atoms with van der Waals surface area (Å²) in [6.07, 6.45) is 19.7. The van der Waals surface area contributed by atoms with Gasteiger partial charge < -0.3 is 9.84 Å². The summed E-state index contributed by atoms with van der Waals surface area (Å²) in [6.45, 7) is 8.23. The van der Waals surface area contributed by atoms with Crippen molar-refractivity contribution in [1.82, 2.24) is 0 Å². The van der Waals surface area contributed by atoms with Crippen molar-refractivity contribution < 1.29 is 19.4 Å². The molecule has 0 aliphatic heterocycles. The van der Waals surface area contributed by atoms with Crippen molar-refractivity contribution in [3.05, 3.63) is 36.5 Å². The maximum absolute atomic E-state index is 12.4. The Morgan fingerprint density at radius 2 is 1.88 bits per heavy atom. The number of methoxy groups -OCH3 is 1. The van der Waals surface area contributed by atoms with Gasteiger partial charge in [0.2, 0.25) is 0 Å². The third kappa shape index (κ3) is 13.7. The molecule has 6 atom stereocenters. The number of ketones is 2. The number of aliphatic hydroxyl groups excluding tert-OH is 1. The molecule has 0 amide bonds. The summed E-state index contributed by atoms with van der Waals surface area (Å²) in [6, 6.07) is 0. The summed E-state index contributed by atoms with van der Waals surface area (Å²) >= 11 is 0. The number of allylic oxidation sites excluding steroid dienone is 5. The fraction of sp³-hybridized carbons (Fsp3) is 0.724. The van der Waals surface area contributed by atoms with Crippen LogP contribution in [-0.2, 0) is 14.3 Å². The molecular weight excluding hydrogens is 412 g/mol. The lowest BCUT2D eigenvalue weighted by atomic mass is 9.80. The molecular formula is C29H48O4. The number of ether oxygens (including phenoxy) is 1. The van der Waals surface area contributed by atoms with Gasteiger partial charge in [-0.05, 0) is 56.8 Å². The van der Waals surface area contributed by atoms with E-state index in [1.165, 1.54) is 25.7 Å². The SMILES string of the molecule is CC=CC=CC(C)CC(C)C(=O)CC(O)C=CCC(=O)CCC(C)CC1CCCC(OC)C1. The Morgan fingerprint density at radius 3 is 2.58 bits per heavy atom. The molecule has 0 spiro atoms. The minimum absolute atomic E-state index is 0.0667. The van der Waals surface area contributed by atoms with E-state index in [9.17, 15) is 14.7 Å². The lowest BCUT2D eigenvalue weighted by Crippen LogP contribution is -2.23. The van der Waals surface area contributed by atoms with Crippen molar-refractivity contribution >= 4 is 11.6 Å². The van der Waals surface area contributed by atoms with Crippen LogP contribution in [-0.4, -0.2) is 36.0 Å². The van der Waals surface area contributed by atoms with Gasteiger partial charge in [0, 0.05) is 32.3 Å². The predicted molar refractivity (Wildman–Crippen MR) is 137 cm³/mol. The minimum Gasteiger partial charge on any atom is -0.389 e. The Balaban J connectivity index is 2.25. The molecule has 1 fully saturated rings. The molecule has 4 heteroatoms. The average molecular weight is 461 g/mol. The molecule has 1 N–H and O–H groups in total. The predicted octanol–water partition coefficient (Wildman–Crippen LogP) is 6.63. The smallest absolute Gasteiger partial charge is 0.138 e. The van der Waals surface area contributed by atoms with Crippen LogP contribution in [0.4, 0.5) is 0 Å². The van der Waals surface area contributed by atoms with Gasteiger partial charge in [-0.1, -0.05) is 70.1 Å². The van der Waals surface area contributed by atoms with E-state index < -0.39 is 6.10 Å². The highest BCUT2D eigenvalue weighted by molar-refractivity contribution is 5.81. The number of hydrogen-bond acceptors (Lipinski definition) is 4. The number of Topliss-reactive ketones (excluding diaryl/α,β-unsaturated/α-hetero) is 2. The number of carbonyl (C=O) groups excluding carboxylic acids is 2. The normalized spacial score (nSPS) is 23.2. The minimum atomic E-state index is -0.819. The zero-order valence-corrected chi connectivity index (χ0v) is 21.7. The van der Waals surface area contributed by atoms with Crippen LogP contribution in [0.1, 0.15) is 91.9 Å². The fourth-order valence-corrected chi connectivity index (χ4v) is 4.83. The molecule has 0 radical (unpaired) electrons. The molecule has 0 aromatic heterocycles. The number of carbonyl (C=O) groups is 2. The van der Waals surface area contributed by atoms with E-state index in [2.05, 4.69) is 19.9 Å². The van der Waals surface area contributed by atoms with Gasteiger partial charge in [-0.2, -0.15) is 0 Å². The molecule has 0 bridgehead atoms.